The predicted molar refractivity (Wildman–Crippen MR) is 96.7 cm³/mol. The van der Waals surface area contributed by atoms with Gasteiger partial charge in [-0.2, -0.15) is 0 Å². The van der Waals surface area contributed by atoms with Crippen LogP contribution in [0.25, 0.3) is 0 Å². The molecule has 0 bridgehead atoms. The van der Waals surface area contributed by atoms with Crippen LogP contribution in [0.4, 0.5) is 0 Å². The van der Waals surface area contributed by atoms with E-state index in [1.807, 2.05) is 12.1 Å². The Morgan fingerprint density at radius 3 is 3.00 bits per heavy atom. The number of hydrogen-bond acceptors (Lipinski definition) is 6. The molecule has 0 aliphatic heterocycles. The summed E-state index contributed by atoms with van der Waals surface area (Å²) in [6, 6.07) is 8.30. The SMILES string of the molecule is O=C(CSc1nnc(Cc2cccs2)n1C1CC1)NCc1ccco1. The number of hydrogen-bond donors (Lipinski definition) is 1. The molecule has 3 aromatic rings. The molecule has 0 spiro atoms. The first-order chi connectivity index (χ1) is 12.3. The summed E-state index contributed by atoms with van der Waals surface area (Å²) in [7, 11) is 0. The van der Waals surface area contributed by atoms with Crippen molar-refractivity contribution in [3.05, 3.63) is 52.4 Å². The number of thioether (sulfide) groups is 1. The maximum Gasteiger partial charge on any atom is 0.230 e. The second-order valence-electron chi connectivity index (χ2n) is 5.90. The van der Waals surface area contributed by atoms with Gasteiger partial charge in [-0.1, -0.05) is 17.8 Å². The largest absolute Gasteiger partial charge is 0.467 e. The standard InChI is InChI=1S/C17H18N4O2S2/c22-16(18-10-13-3-1-7-23-13)11-25-17-20-19-15(21(17)12-5-6-12)9-14-4-2-8-24-14/h1-4,7-8,12H,5-6,9-11H2,(H,18,22). The third kappa shape index (κ3) is 4.13. The number of rotatable bonds is 8. The van der Waals surface area contributed by atoms with Gasteiger partial charge >= 0.3 is 0 Å². The van der Waals surface area contributed by atoms with Gasteiger partial charge in [0.05, 0.1) is 18.6 Å². The number of nitrogens with zero attached hydrogens (tertiary/aromatic N) is 3. The lowest BCUT2D eigenvalue weighted by Crippen LogP contribution is -2.24. The van der Waals surface area contributed by atoms with E-state index in [0.29, 0.717) is 18.3 Å². The molecule has 0 atom stereocenters. The van der Waals surface area contributed by atoms with Gasteiger partial charge in [0, 0.05) is 17.3 Å². The highest BCUT2D eigenvalue weighted by atomic mass is 32.2. The summed E-state index contributed by atoms with van der Waals surface area (Å²) in [5.41, 5.74) is 0. The molecule has 6 nitrogen and oxygen atoms in total. The van der Waals surface area contributed by atoms with E-state index in [9.17, 15) is 4.79 Å². The van der Waals surface area contributed by atoms with E-state index in [0.717, 1.165) is 36.0 Å². The van der Waals surface area contributed by atoms with Crippen LogP contribution >= 0.6 is 23.1 Å². The third-order valence-corrected chi connectivity index (χ3v) is 5.75. The minimum Gasteiger partial charge on any atom is -0.467 e. The van der Waals surface area contributed by atoms with Gasteiger partial charge in [0.25, 0.3) is 0 Å². The van der Waals surface area contributed by atoms with Gasteiger partial charge in [0.2, 0.25) is 5.91 Å². The Hall–Kier alpha value is -2.06. The summed E-state index contributed by atoms with van der Waals surface area (Å²) in [5.74, 6) is 2.03. The van der Waals surface area contributed by atoms with Crippen molar-refractivity contribution in [2.45, 2.75) is 37.0 Å². The minimum atomic E-state index is -0.0356. The van der Waals surface area contributed by atoms with Crippen molar-refractivity contribution in [1.29, 1.82) is 0 Å². The fourth-order valence-electron chi connectivity index (χ4n) is 2.57. The fourth-order valence-corrected chi connectivity index (χ4v) is 4.13. The monoisotopic (exact) mass is 374 g/mol. The Labute approximate surface area is 153 Å². The van der Waals surface area contributed by atoms with Crippen molar-refractivity contribution in [1.82, 2.24) is 20.1 Å². The average molecular weight is 374 g/mol. The zero-order valence-corrected chi connectivity index (χ0v) is 15.2. The molecule has 1 saturated carbocycles. The quantitative estimate of drug-likeness (QED) is 0.613. The zero-order chi connectivity index (χ0) is 17.1. The molecule has 1 fully saturated rings. The molecule has 1 aliphatic carbocycles. The Balaban J connectivity index is 1.37. The molecule has 0 saturated heterocycles. The van der Waals surface area contributed by atoms with Crippen molar-refractivity contribution in [3.63, 3.8) is 0 Å². The van der Waals surface area contributed by atoms with Crippen LogP contribution in [-0.4, -0.2) is 26.4 Å². The average Bonchev–Trinajstić information content (AvgIpc) is 3.05. The number of nitrogens with one attached hydrogen (secondary N) is 1. The van der Waals surface area contributed by atoms with Crippen LogP contribution in [0.15, 0.2) is 45.5 Å². The maximum atomic E-state index is 12.0. The topological polar surface area (TPSA) is 73.0 Å². The van der Waals surface area contributed by atoms with Gasteiger partial charge < -0.3 is 14.3 Å². The zero-order valence-electron chi connectivity index (χ0n) is 13.6. The molecule has 0 aromatic carbocycles. The molecule has 0 radical (unpaired) electrons. The Morgan fingerprint density at radius 2 is 2.28 bits per heavy atom. The molecule has 130 valence electrons. The van der Waals surface area contributed by atoms with Crippen LogP contribution in [0.3, 0.4) is 0 Å². The highest BCUT2D eigenvalue weighted by Crippen LogP contribution is 2.39. The molecule has 3 aromatic heterocycles. The first kappa shape index (κ1) is 16.4. The van der Waals surface area contributed by atoms with Crippen molar-refractivity contribution in [2.75, 3.05) is 5.75 Å². The highest BCUT2D eigenvalue weighted by molar-refractivity contribution is 7.99. The van der Waals surface area contributed by atoms with Crippen LogP contribution in [0.5, 0.6) is 0 Å². The first-order valence-electron chi connectivity index (χ1n) is 8.17. The summed E-state index contributed by atoms with van der Waals surface area (Å²) in [6.45, 7) is 0.408. The van der Waals surface area contributed by atoms with Crippen LogP contribution in [-0.2, 0) is 17.8 Å². The summed E-state index contributed by atoms with van der Waals surface area (Å²) in [6.07, 6.45) is 4.72. The normalized spacial score (nSPS) is 13.9. The van der Waals surface area contributed by atoms with Gasteiger partial charge in [0.1, 0.15) is 11.6 Å². The van der Waals surface area contributed by atoms with E-state index in [4.69, 9.17) is 4.42 Å². The van der Waals surface area contributed by atoms with Crippen LogP contribution in [0.2, 0.25) is 0 Å². The van der Waals surface area contributed by atoms with Crippen molar-refractivity contribution < 1.29 is 9.21 Å². The van der Waals surface area contributed by atoms with Gasteiger partial charge in [-0.15, -0.1) is 21.5 Å². The lowest BCUT2D eigenvalue weighted by atomic mass is 10.3. The fraction of sp³-hybridized carbons (Fsp3) is 0.353. The van der Waals surface area contributed by atoms with Gasteiger partial charge in [-0.3, -0.25) is 4.79 Å². The van der Waals surface area contributed by atoms with Gasteiger partial charge in [0.15, 0.2) is 5.16 Å². The first-order valence-corrected chi connectivity index (χ1v) is 10.0. The Morgan fingerprint density at radius 1 is 1.36 bits per heavy atom. The summed E-state index contributed by atoms with van der Waals surface area (Å²) in [4.78, 5) is 13.3. The summed E-state index contributed by atoms with van der Waals surface area (Å²) < 4.78 is 7.42. The number of carbonyl (C=O) groups is 1. The van der Waals surface area contributed by atoms with E-state index in [-0.39, 0.29) is 5.91 Å². The second kappa shape index (κ2) is 7.45. The molecule has 4 rings (SSSR count). The Kier molecular flexibility index (Phi) is 4.89. The smallest absolute Gasteiger partial charge is 0.230 e. The number of carbonyl (C=O) groups excluding carboxylic acids is 1. The maximum absolute atomic E-state index is 12.0. The number of amides is 1. The molecular weight excluding hydrogens is 356 g/mol. The van der Waals surface area contributed by atoms with E-state index in [1.54, 1.807) is 17.6 Å². The third-order valence-electron chi connectivity index (χ3n) is 3.93. The van der Waals surface area contributed by atoms with Crippen LogP contribution < -0.4 is 5.32 Å². The van der Waals surface area contributed by atoms with Crippen molar-refractivity contribution >= 4 is 29.0 Å². The van der Waals surface area contributed by atoms with Gasteiger partial charge in [-0.25, -0.2) is 0 Å². The number of furan rings is 1. The lowest BCUT2D eigenvalue weighted by Gasteiger charge is -2.08. The van der Waals surface area contributed by atoms with Crippen LogP contribution in [0, 0.1) is 0 Å². The molecule has 3 heterocycles. The molecule has 8 heteroatoms. The number of thiophene rings is 1. The minimum absolute atomic E-state index is 0.0356. The molecule has 25 heavy (non-hydrogen) atoms. The molecule has 1 amide bonds. The van der Waals surface area contributed by atoms with Crippen molar-refractivity contribution in [3.8, 4) is 0 Å². The van der Waals surface area contributed by atoms with Gasteiger partial charge in [-0.05, 0) is 36.4 Å². The molecular formula is C17H18N4O2S2. The van der Waals surface area contributed by atoms with Crippen molar-refractivity contribution in [2.24, 2.45) is 0 Å². The van der Waals surface area contributed by atoms with E-state index in [2.05, 4.69) is 37.6 Å². The van der Waals surface area contributed by atoms with E-state index in [1.165, 1.54) is 16.6 Å². The summed E-state index contributed by atoms with van der Waals surface area (Å²) in [5, 5.41) is 14.5. The van der Waals surface area contributed by atoms with Crippen LogP contribution in [0.1, 0.15) is 35.3 Å². The number of aromatic nitrogens is 3. The molecule has 0 unspecified atom stereocenters. The second-order valence-corrected chi connectivity index (χ2v) is 7.88. The Bertz CT molecular complexity index is 823. The molecule has 1 aliphatic rings. The van der Waals surface area contributed by atoms with E-state index < -0.39 is 0 Å². The highest BCUT2D eigenvalue weighted by Gasteiger charge is 2.29. The summed E-state index contributed by atoms with van der Waals surface area (Å²) >= 11 is 3.17. The lowest BCUT2D eigenvalue weighted by molar-refractivity contribution is -0.118. The predicted octanol–water partition coefficient (Wildman–Crippen LogP) is 3.27. The van der Waals surface area contributed by atoms with E-state index >= 15 is 0 Å². The molecule has 1 N–H and O–H groups in total.